The van der Waals surface area contributed by atoms with Crippen molar-refractivity contribution < 1.29 is 14.3 Å². The molecule has 0 aliphatic rings. The van der Waals surface area contributed by atoms with Crippen LogP contribution < -0.4 is 0 Å². The maximum absolute atomic E-state index is 11.4. The van der Waals surface area contributed by atoms with Gasteiger partial charge in [-0.2, -0.15) is 0 Å². The number of aromatic nitrogens is 2. The molecule has 0 spiro atoms. The number of unbranched alkanes of at least 4 members (excludes halogenated alkanes) is 1. The largest absolute Gasteiger partial charge is 0.389 e. The topological polar surface area (TPSA) is 69.2 Å². The van der Waals surface area contributed by atoms with Crippen molar-refractivity contribution in [3.8, 4) is 0 Å². The van der Waals surface area contributed by atoms with Crippen molar-refractivity contribution in [2.45, 2.75) is 40.5 Å². The Labute approximate surface area is 132 Å². The van der Waals surface area contributed by atoms with E-state index in [2.05, 4.69) is 28.2 Å². The Bertz CT molecular complexity index is 502. The number of nitrogens with zero attached hydrogens (tertiary/aromatic N) is 2. The molecule has 0 aliphatic carbocycles. The van der Waals surface area contributed by atoms with Crippen LogP contribution in [0.4, 0.5) is 0 Å². The van der Waals surface area contributed by atoms with E-state index in [9.17, 15) is 9.59 Å². The highest BCUT2D eigenvalue weighted by molar-refractivity contribution is 5.95. The summed E-state index contributed by atoms with van der Waals surface area (Å²) in [5.74, 6) is -0.911. The van der Waals surface area contributed by atoms with Gasteiger partial charge in [0.05, 0.1) is 5.41 Å². The van der Waals surface area contributed by atoms with Gasteiger partial charge in [-0.25, -0.2) is 14.8 Å². The Morgan fingerprint density at radius 3 is 2.27 bits per heavy atom. The lowest BCUT2D eigenvalue weighted by Crippen LogP contribution is -2.25. The van der Waals surface area contributed by atoms with Gasteiger partial charge in [0.25, 0.3) is 0 Å². The zero-order valence-electron chi connectivity index (χ0n) is 13.7. The Balaban J connectivity index is 0.000000763. The summed E-state index contributed by atoms with van der Waals surface area (Å²) in [6.07, 6.45) is 9.93. The first-order valence-electron chi connectivity index (χ1n) is 7.13. The van der Waals surface area contributed by atoms with Gasteiger partial charge >= 0.3 is 11.9 Å². The molecule has 1 heterocycles. The third-order valence-corrected chi connectivity index (χ3v) is 2.25. The second-order valence-electron chi connectivity index (χ2n) is 5.48. The maximum atomic E-state index is 11.4. The summed E-state index contributed by atoms with van der Waals surface area (Å²) >= 11 is 0. The van der Waals surface area contributed by atoms with Gasteiger partial charge in [0.15, 0.2) is 5.82 Å². The monoisotopic (exact) mass is 304 g/mol. The van der Waals surface area contributed by atoms with E-state index in [1.165, 1.54) is 12.5 Å². The number of ether oxygens (including phenoxy) is 1. The Kier molecular flexibility index (Phi) is 9.34. The van der Waals surface area contributed by atoms with E-state index in [1.807, 2.05) is 6.08 Å². The third-order valence-electron chi connectivity index (χ3n) is 2.25. The van der Waals surface area contributed by atoms with E-state index >= 15 is 0 Å². The first-order valence-corrected chi connectivity index (χ1v) is 7.13. The van der Waals surface area contributed by atoms with Crippen molar-refractivity contribution in [2.75, 3.05) is 0 Å². The number of hydrogen-bond donors (Lipinski definition) is 0. The summed E-state index contributed by atoms with van der Waals surface area (Å²) in [6.45, 7) is 10.7. The van der Waals surface area contributed by atoms with Crippen LogP contribution in [0, 0.1) is 5.41 Å². The quantitative estimate of drug-likeness (QED) is 0.368. The van der Waals surface area contributed by atoms with Crippen molar-refractivity contribution >= 4 is 18.0 Å². The van der Waals surface area contributed by atoms with Crippen LogP contribution in [0.3, 0.4) is 0 Å². The molecule has 0 atom stereocenters. The molecule has 22 heavy (non-hydrogen) atoms. The Morgan fingerprint density at radius 1 is 1.27 bits per heavy atom. The fourth-order valence-electron chi connectivity index (χ4n) is 1.02. The average molecular weight is 304 g/mol. The second kappa shape index (κ2) is 10.4. The van der Waals surface area contributed by atoms with Gasteiger partial charge in [-0.1, -0.05) is 19.4 Å². The molecule has 0 aliphatic heterocycles. The van der Waals surface area contributed by atoms with Crippen LogP contribution in [0.5, 0.6) is 0 Å². The number of carbonyl (C=O) groups is 2. The summed E-state index contributed by atoms with van der Waals surface area (Å²) in [6, 6.07) is 1.67. The summed E-state index contributed by atoms with van der Waals surface area (Å²) in [4.78, 5) is 30.4. The summed E-state index contributed by atoms with van der Waals surface area (Å²) in [5, 5.41) is 0. The molecule has 0 saturated heterocycles. The minimum Gasteiger partial charge on any atom is -0.389 e. The van der Waals surface area contributed by atoms with E-state index in [-0.39, 0.29) is 0 Å². The van der Waals surface area contributed by atoms with Crippen LogP contribution >= 0.6 is 0 Å². The second-order valence-corrected chi connectivity index (χ2v) is 5.48. The normalized spacial score (nSPS) is 10.5. The molecule has 0 amide bonds. The maximum Gasteiger partial charge on any atom is 0.338 e. The van der Waals surface area contributed by atoms with E-state index in [0.29, 0.717) is 5.82 Å². The molecule has 0 unspecified atom stereocenters. The molecule has 5 nitrogen and oxygen atoms in total. The molecule has 0 radical (unpaired) electrons. The van der Waals surface area contributed by atoms with Gasteiger partial charge in [-0.05, 0) is 39.3 Å². The summed E-state index contributed by atoms with van der Waals surface area (Å²) < 4.78 is 4.62. The smallest absolute Gasteiger partial charge is 0.338 e. The average Bonchev–Trinajstić information content (AvgIpc) is 2.47. The van der Waals surface area contributed by atoms with Crippen molar-refractivity contribution in [1.29, 1.82) is 0 Å². The molecule has 0 aromatic carbocycles. The van der Waals surface area contributed by atoms with Gasteiger partial charge in [0, 0.05) is 18.5 Å². The van der Waals surface area contributed by atoms with Gasteiger partial charge in [-0.3, -0.25) is 4.79 Å². The molecule has 1 aromatic rings. The van der Waals surface area contributed by atoms with Crippen LogP contribution in [0.25, 0.3) is 6.08 Å². The van der Waals surface area contributed by atoms with Gasteiger partial charge in [0.1, 0.15) is 0 Å². The molecule has 0 bridgehead atoms. The predicted octanol–water partition coefficient (Wildman–Crippen LogP) is 3.58. The third kappa shape index (κ3) is 9.58. The van der Waals surface area contributed by atoms with Crippen LogP contribution in [0.2, 0.25) is 0 Å². The lowest BCUT2D eigenvalue weighted by molar-refractivity contribution is -0.162. The fourth-order valence-corrected chi connectivity index (χ4v) is 1.02. The van der Waals surface area contributed by atoms with Crippen LogP contribution in [0.1, 0.15) is 46.4 Å². The number of hydrogen-bond acceptors (Lipinski definition) is 5. The highest BCUT2D eigenvalue weighted by Gasteiger charge is 2.24. The first-order chi connectivity index (χ1) is 10.3. The van der Waals surface area contributed by atoms with Crippen LogP contribution in [-0.2, 0) is 14.3 Å². The lowest BCUT2D eigenvalue weighted by atomic mass is 9.97. The van der Waals surface area contributed by atoms with E-state index in [4.69, 9.17) is 0 Å². The van der Waals surface area contributed by atoms with Crippen LogP contribution in [0.15, 0.2) is 37.2 Å². The first kappa shape index (κ1) is 19.7. The van der Waals surface area contributed by atoms with E-state index in [1.54, 1.807) is 39.2 Å². The Morgan fingerprint density at radius 2 is 1.86 bits per heavy atom. The molecule has 0 fully saturated rings. The summed E-state index contributed by atoms with van der Waals surface area (Å²) in [7, 11) is 0. The standard InChI is InChI=1S/C12H14N2O3.C5H10/c1-12(2,3)11(16)17-10(15)6-5-9-13-7-4-8-14-9;1-3-5-4-2/h4-8H,1-3H3;3H,1,4-5H2,2H3/b6-5+;. The molecular formula is C17H24N2O3. The molecule has 1 rings (SSSR count). The van der Waals surface area contributed by atoms with Gasteiger partial charge < -0.3 is 4.74 Å². The minimum atomic E-state index is -0.725. The predicted molar refractivity (Wildman–Crippen MR) is 86.7 cm³/mol. The van der Waals surface area contributed by atoms with Crippen molar-refractivity contribution in [3.05, 3.63) is 43.0 Å². The summed E-state index contributed by atoms with van der Waals surface area (Å²) in [5.41, 5.74) is -0.702. The zero-order valence-corrected chi connectivity index (χ0v) is 13.7. The Hall–Kier alpha value is -2.30. The van der Waals surface area contributed by atoms with Crippen molar-refractivity contribution in [3.63, 3.8) is 0 Å². The molecule has 5 heteroatoms. The number of esters is 2. The van der Waals surface area contributed by atoms with Crippen LogP contribution in [-0.4, -0.2) is 21.9 Å². The zero-order chi connectivity index (χ0) is 17.0. The number of rotatable bonds is 4. The molecule has 1 aromatic heterocycles. The fraction of sp³-hybridized carbons (Fsp3) is 0.412. The van der Waals surface area contributed by atoms with Gasteiger partial charge in [-0.15, -0.1) is 6.58 Å². The highest BCUT2D eigenvalue weighted by Crippen LogP contribution is 2.15. The lowest BCUT2D eigenvalue weighted by Gasteiger charge is -2.14. The van der Waals surface area contributed by atoms with Crippen molar-refractivity contribution in [1.82, 2.24) is 9.97 Å². The molecule has 0 N–H and O–H groups in total. The van der Waals surface area contributed by atoms with E-state index in [0.717, 1.165) is 12.5 Å². The number of carbonyl (C=O) groups excluding carboxylic acids is 2. The minimum absolute atomic E-state index is 0.382. The molecule has 120 valence electrons. The molecule has 0 saturated carbocycles. The van der Waals surface area contributed by atoms with E-state index < -0.39 is 17.4 Å². The number of allylic oxidation sites excluding steroid dienone is 1. The molecular weight excluding hydrogens is 280 g/mol. The SMILES string of the molecule is C=CCCC.CC(C)(C)C(=O)OC(=O)/C=C/c1ncccn1. The highest BCUT2D eigenvalue weighted by atomic mass is 16.6. The van der Waals surface area contributed by atoms with Crippen molar-refractivity contribution in [2.24, 2.45) is 5.41 Å². The van der Waals surface area contributed by atoms with Gasteiger partial charge in [0.2, 0.25) is 0 Å².